The molecule has 8 nitrogen and oxygen atoms in total. The molecule has 0 bridgehead atoms. The van der Waals surface area contributed by atoms with Gasteiger partial charge in [-0.1, -0.05) is 0 Å². The van der Waals surface area contributed by atoms with Crippen LogP contribution in [0.4, 0.5) is 0 Å². The molecule has 0 aliphatic heterocycles. The third-order valence-corrected chi connectivity index (χ3v) is 3.27. The zero-order valence-electron chi connectivity index (χ0n) is 11.4. The van der Waals surface area contributed by atoms with E-state index in [1.54, 1.807) is 0 Å². The highest BCUT2D eigenvalue weighted by atomic mass is 32.2. The molecule has 0 unspecified atom stereocenters. The van der Waals surface area contributed by atoms with Crippen LogP contribution in [0, 0.1) is 0 Å². The van der Waals surface area contributed by atoms with Crippen molar-refractivity contribution in [3.8, 4) is 0 Å². The summed E-state index contributed by atoms with van der Waals surface area (Å²) >= 11 is 0. The van der Waals surface area contributed by atoms with Crippen LogP contribution >= 0.6 is 0 Å². The number of amides is 1. The Morgan fingerprint density at radius 2 is 1.80 bits per heavy atom. The SMILES string of the molecule is COCCN(CCOC)C(=O)c1ccc(S(N)(=O)=O)o1. The smallest absolute Gasteiger partial charge is 0.289 e. The van der Waals surface area contributed by atoms with Gasteiger partial charge in [-0.2, -0.15) is 0 Å². The van der Waals surface area contributed by atoms with E-state index in [1.807, 2.05) is 0 Å². The summed E-state index contributed by atoms with van der Waals surface area (Å²) in [6.45, 7) is 1.37. The lowest BCUT2D eigenvalue weighted by atomic mass is 10.3. The molecule has 0 spiro atoms. The largest absolute Gasteiger partial charge is 0.438 e. The predicted molar refractivity (Wildman–Crippen MR) is 69.7 cm³/mol. The fourth-order valence-electron chi connectivity index (χ4n) is 1.46. The van der Waals surface area contributed by atoms with Crippen molar-refractivity contribution in [2.75, 3.05) is 40.5 Å². The van der Waals surface area contributed by atoms with E-state index >= 15 is 0 Å². The van der Waals surface area contributed by atoms with Crippen LogP contribution in [0.1, 0.15) is 10.6 Å². The van der Waals surface area contributed by atoms with Crippen LogP contribution < -0.4 is 5.14 Å². The van der Waals surface area contributed by atoms with E-state index in [-0.39, 0.29) is 5.76 Å². The molecule has 0 radical (unpaired) electrons. The van der Waals surface area contributed by atoms with Gasteiger partial charge in [0.25, 0.3) is 15.9 Å². The van der Waals surface area contributed by atoms with Crippen LogP contribution in [0.25, 0.3) is 0 Å². The standard InChI is InChI=1S/C11H18N2O6S/c1-17-7-5-13(6-8-18-2)11(14)9-3-4-10(19-9)20(12,15)16/h3-4H,5-8H2,1-2H3,(H2,12,15,16). The van der Waals surface area contributed by atoms with Crippen LogP contribution in [0.5, 0.6) is 0 Å². The molecular weight excluding hydrogens is 288 g/mol. The molecule has 2 N–H and O–H groups in total. The van der Waals surface area contributed by atoms with Crippen molar-refractivity contribution in [1.82, 2.24) is 4.90 Å². The zero-order valence-corrected chi connectivity index (χ0v) is 12.2. The van der Waals surface area contributed by atoms with Crippen molar-refractivity contribution in [3.63, 3.8) is 0 Å². The van der Waals surface area contributed by atoms with Crippen molar-refractivity contribution in [2.24, 2.45) is 5.14 Å². The number of nitrogens with zero attached hydrogens (tertiary/aromatic N) is 1. The minimum Gasteiger partial charge on any atom is -0.438 e. The first-order chi connectivity index (χ1) is 9.40. The Bertz CT molecular complexity index is 531. The van der Waals surface area contributed by atoms with Crippen molar-refractivity contribution in [2.45, 2.75) is 5.09 Å². The number of methoxy groups -OCH3 is 2. The maximum atomic E-state index is 12.2. The summed E-state index contributed by atoms with van der Waals surface area (Å²) in [5.74, 6) is -0.546. The molecule has 0 aromatic carbocycles. The summed E-state index contributed by atoms with van der Waals surface area (Å²) < 4.78 is 37.0. The van der Waals surface area contributed by atoms with Crippen LogP contribution in [0.15, 0.2) is 21.6 Å². The molecule has 114 valence electrons. The molecule has 1 amide bonds. The van der Waals surface area contributed by atoms with Gasteiger partial charge in [-0.15, -0.1) is 0 Å². The highest BCUT2D eigenvalue weighted by Gasteiger charge is 2.21. The van der Waals surface area contributed by atoms with Gasteiger partial charge in [0.2, 0.25) is 5.09 Å². The van der Waals surface area contributed by atoms with Crippen LogP contribution in [-0.2, 0) is 19.5 Å². The quantitative estimate of drug-likeness (QED) is 0.703. The Balaban J connectivity index is 2.85. The van der Waals surface area contributed by atoms with Crippen LogP contribution in [-0.4, -0.2) is 59.7 Å². The lowest BCUT2D eigenvalue weighted by molar-refractivity contribution is 0.0593. The Morgan fingerprint density at radius 3 is 2.20 bits per heavy atom. The second-order valence-corrected chi connectivity index (χ2v) is 5.43. The highest BCUT2D eigenvalue weighted by Crippen LogP contribution is 2.14. The predicted octanol–water partition coefficient (Wildman–Crippen LogP) is -0.338. The average molecular weight is 306 g/mol. The van der Waals surface area contributed by atoms with Crippen molar-refractivity contribution in [1.29, 1.82) is 0 Å². The number of carbonyl (C=O) groups excluding carboxylic acids is 1. The molecule has 0 fully saturated rings. The first kappa shape index (κ1) is 16.6. The van der Waals surface area contributed by atoms with Gasteiger partial charge in [0.05, 0.1) is 13.2 Å². The van der Waals surface area contributed by atoms with E-state index < -0.39 is 21.0 Å². The summed E-state index contributed by atoms with van der Waals surface area (Å²) in [5.41, 5.74) is 0. The van der Waals surface area contributed by atoms with E-state index in [0.29, 0.717) is 26.3 Å². The summed E-state index contributed by atoms with van der Waals surface area (Å²) in [6.07, 6.45) is 0. The Kier molecular flexibility index (Phi) is 6.14. The molecule has 1 heterocycles. The minimum absolute atomic E-state index is 0.0961. The molecule has 20 heavy (non-hydrogen) atoms. The van der Waals surface area contributed by atoms with Crippen molar-refractivity contribution in [3.05, 3.63) is 17.9 Å². The maximum absolute atomic E-state index is 12.2. The maximum Gasteiger partial charge on any atom is 0.289 e. The number of hydrogen-bond acceptors (Lipinski definition) is 6. The summed E-state index contributed by atoms with van der Waals surface area (Å²) in [5, 5.41) is 4.48. The van der Waals surface area contributed by atoms with Gasteiger partial charge in [0, 0.05) is 27.3 Å². The van der Waals surface area contributed by atoms with E-state index in [0.717, 1.165) is 6.07 Å². The molecule has 1 aromatic heterocycles. The number of nitrogens with two attached hydrogens (primary N) is 1. The summed E-state index contributed by atoms with van der Waals surface area (Å²) in [7, 11) is -0.924. The second kappa shape index (κ2) is 7.39. The first-order valence-electron chi connectivity index (χ1n) is 5.80. The lowest BCUT2D eigenvalue weighted by Crippen LogP contribution is -2.36. The number of rotatable bonds is 8. The third kappa shape index (κ3) is 4.60. The van der Waals surface area contributed by atoms with Crippen LogP contribution in [0.3, 0.4) is 0 Å². The van der Waals surface area contributed by atoms with E-state index in [9.17, 15) is 13.2 Å². The van der Waals surface area contributed by atoms with E-state index in [2.05, 4.69) is 0 Å². The monoisotopic (exact) mass is 306 g/mol. The first-order valence-corrected chi connectivity index (χ1v) is 7.34. The summed E-state index contributed by atoms with van der Waals surface area (Å²) in [4.78, 5) is 13.6. The van der Waals surface area contributed by atoms with Crippen molar-refractivity contribution >= 4 is 15.9 Å². The Hall–Kier alpha value is -1.42. The average Bonchev–Trinajstić information content (AvgIpc) is 2.87. The van der Waals surface area contributed by atoms with Gasteiger partial charge in [-0.05, 0) is 12.1 Å². The molecule has 1 aromatic rings. The van der Waals surface area contributed by atoms with Crippen molar-refractivity contribution < 1.29 is 27.1 Å². The summed E-state index contributed by atoms with van der Waals surface area (Å²) in [6, 6.07) is 2.42. The van der Waals surface area contributed by atoms with Gasteiger partial charge in [0.15, 0.2) is 5.76 Å². The Morgan fingerprint density at radius 1 is 1.25 bits per heavy atom. The van der Waals surface area contributed by atoms with Gasteiger partial charge in [-0.3, -0.25) is 4.79 Å². The molecule has 0 saturated heterocycles. The minimum atomic E-state index is -3.96. The molecule has 1 rings (SSSR count). The topological polar surface area (TPSA) is 112 Å². The normalized spacial score (nSPS) is 11.6. The van der Waals surface area contributed by atoms with Gasteiger partial charge in [0.1, 0.15) is 0 Å². The lowest BCUT2D eigenvalue weighted by Gasteiger charge is -2.20. The Labute approximate surface area is 117 Å². The zero-order chi connectivity index (χ0) is 15.2. The fourth-order valence-corrected chi connectivity index (χ4v) is 1.93. The van der Waals surface area contributed by atoms with E-state index in [1.165, 1.54) is 25.2 Å². The molecule has 0 aliphatic rings. The van der Waals surface area contributed by atoms with Crippen LogP contribution in [0.2, 0.25) is 0 Å². The number of ether oxygens (including phenoxy) is 2. The third-order valence-electron chi connectivity index (χ3n) is 2.49. The number of sulfonamides is 1. The van der Waals surface area contributed by atoms with Gasteiger partial charge >= 0.3 is 0 Å². The number of primary sulfonamides is 1. The molecule has 0 atom stereocenters. The second-order valence-electron chi connectivity index (χ2n) is 3.94. The van der Waals surface area contributed by atoms with Gasteiger partial charge in [-0.25, -0.2) is 13.6 Å². The molecule has 0 saturated carbocycles. The number of furan rings is 1. The number of hydrogen-bond donors (Lipinski definition) is 1. The van der Waals surface area contributed by atoms with E-state index in [4.69, 9.17) is 19.0 Å². The highest BCUT2D eigenvalue weighted by molar-refractivity contribution is 7.89. The number of carbonyl (C=O) groups is 1. The fraction of sp³-hybridized carbons (Fsp3) is 0.545. The molecule has 9 heteroatoms. The van der Waals surface area contributed by atoms with Gasteiger partial charge < -0.3 is 18.8 Å². The molecule has 0 aliphatic carbocycles. The molecular formula is C11H18N2O6S.